The maximum absolute atomic E-state index is 5.71. The highest BCUT2D eigenvalue weighted by Crippen LogP contribution is 2.27. The van der Waals surface area contributed by atoms with Crippen LogP contribution in [0.1, 0.15) is 17.8 Å². The molecule has 0 unspecified atom stereocenters. The largest absolute Gasteiger partial charge is 0.442 e. The van der Waals surface area contributed by atoms with Gasteiger partial charge >= 0.3 is 0 Å². The molecule has 6 heteroatoms. The molecule has 0 bridgehead atoms. The standard InChI is InChI=1S/C10H10ClN3OS/c11-8-4-3-7(15-8)10-14-13-9(16-10)5-12-6-1-2-6/h3-4,6,12H,1-2,5H2. The Bertz CT molecular complexity index is 492. The molecular weight excluding hydrogens is 246 g/mol. The molecule has 1 saturated carbocycles. The topological polar surface area (TPSA) is 51.0 Å². The van der Waals surface area contributed by atoms with E-state index in [9.17, 15) is 0 Å². The molecule has 1 aliphatic rings. The summed E-state index contributed by atoms with van der Waals surface area (Å²) in [5.41, 5.74) is 0. The Morgan fingerprint density at radius 2 is 2.31 bits per heavy atom. The number of aromatic nitrogens is 2. The lowest BCUT2D eigenvalue weighted by molar-refractivity contribution is 0.583. The van der Waals surface area contributed by atoms with Gasteiger partial charge in [0.2, 0.25) is 0 Å². The molecule has 84 valence electrons. The summed E-state index contributed by atoms with van der Waals surface area (Å²) in [5.74, 6) is 0.681. The van der Waals surface area contributed by atoms with Gasteiger partial charge in [-0.1, -0.05) is 11.3 Å². The molecule has 4 nitrogen and oxygen atoms in total. The van der Waals surface area contributed by atoms with Gasteiger partial charge in [0.05, 0.1) is 0 Å². The van der Waals surface area contributed by atoms with E-state index in [1.807, 2.05) is 0 Å². The molecule has 0 aromatic carbocycles. The number of furan rings is 1. The van der Waals surface area contributed by atoms with Crippen LogP contribution < -0.4 is 5.32 Å². The van der Waals surface area contributed by atoms with Crippen LogP contribution in [0, 0.1) is 0 Å². The number of halogens is 1. The van der Waals surface area contributed by atoms with Crippen molar-refractivity contribution in [3.8, 4) is 10.8 Å². The Balaban J connectivity index is 1.71. The first-order valence-corrected chi connectivity index (χ1v) is 6.32. The molecule has 2 aromatic rings. The van der Waals surface area contributed by atoms with E-state index in [-0.39, 0.29) is 0 Å². The minimum atomic E-state index is 0.378. The molecule has 0 aliphatic heterocycles. The number of nitrogens with zero attached hydrogens (tertiary/aromatic N) is 2. The van der Waals surface area contributed by atoms with E-state index in [0.29, 0.717) is 17.0 Å². The summed E-state index contributed by atoms with van der Waals surface area (Å²) < 4.78 is 5.27. The van der Waals surface area contributed by atoms with Gasteiger partial charge in [-0.05, 0) is 36.6 Å². The molecule has 0 spiro atoms. The van der Waals surface area contributed by atoms with Crippen molar-refractivity contribution in [3.05, 3.63) is 22.4 Å². The molecule has 0 atom stereocenters. The summed E-state index contributed by atoms with van der Waals surface area (Å²) in [6.07, 6.45) is 2.55. The molecule has 3 rings (SSSR count). The fourth-order valence-electron chi connectivity index (χ4n) is 1.37. The molecule has 1 aliphatic carbocycles. The molecule has 1 fully saturated rings. The van der Waals surface area contributed by atoms with Crippen molar-refractivity contribution in [3.63, 3.8) is 0 Å². The van der Waals surface area contributed by atoms with Crippen LogP contribution in [0.4, 0.5) is 0 Å². The Labute approximate surface area is 102 Å². The Morgan fingerprint density at radius 1 is 1.44 bits per heavy atom. The second kappa shape index (κ2) is 4.16. The van der Waals surface area contributed by atoms with Crippen LogP contribution in [-0.2, 0) is 6.54 Å². The maximum Gasteiger partial charge on any atom is 0.194 e. The first-order valence-electron chi connectivity index (χ1n) is 5.13. The predicted octanol–water partition coefficient (Wildman–Crippen LogP) is 2.70. The number of hydrogen-bond acceptors (Lipinski definition) is 5. The van der Waals surface area contributed by atoms with Crippen molar-refractivity contribution >= 4 is 22.9 Å². The lowest BCUT2D eigenvalue weighted by atomic mass is 10.5. The number of hydrogen-bond donors (Lipinski definition) is 1. The highest BCUT2D eigenvalue weighted by molar-refractivity contribution is 7.14. The minimum absolute atomic E-state index is 0.378. The SMILES string of the molecule is Clc1ccc(-c2nnc(CNC3CC3)s2)o1. The van der Waals surface area contributed by atoms with Gasteiger partial charge in [0.25, 0.3) is 0 Å². The zero-order chi connectivity index (χ0) is 11.0. The fourth-order valence-corrected chi connectivity index (χ4v) is 2.27. The van der Waals surface area contributed by atoms with Gasteiger partial charge < -0.3 is 9.73 Å². The van der Waals surface area contributed by atoms with E-state index < -0.39 is 0 Å². The van der Waals surface area contributed by atoms with E-state index in [1.165, 1.54) is 24.2 Å². The summed E-state index contributed by atoms with van der Waals surface area (Å²) in [6.45, 7) is 0.788. The Hall–Kier alpha value is -0.910. The van der Waals surface area contributed by atoms with Crippen LogP contribution in [0.2, 0.25) is 5.22 Å². The van der Waals surface area contributed by atoms with Crippen molar-refractivity contribution < 1.29 is 4.42 Å². The van der Waals surface area contributed by atoms with Crippen molar-refractivity contribution in [2.24, 2.45) is 0 Å². The highest BCUT2D eigenvalue weighted by Gasteiger charge is 2.21. The van der Waals surface area contributed by atoms with Crippen LogP contribution in [-0.4, -0.2) is 16.2 Å². The third-order valence-corrected chi connectivity index (χ3v) is 3.51. The normalized spacial score (nSPS) is 15.6. The van der Waals surface area contributed by atoms with Crippen LogP contribution in [0.25, 0.3) is 10.8 Å². The van der Waals surface area contributed by atoms with Gasteiger partial charge in [-0.25, -0.2) is 0 Å². The highest BCUT2D eigenvalue weighted by atomic mass is 35.5. The average Bonchev–Trinajstić information content (AvgIpc) is 2.81. The van der Waals surface area contributed by atoms with Crippen LogP contribution in [0.5, 0.6) is 0 Å². The second-order valence-corrected chi connectivity index (χ2v) is 5.19. The van der Waals surface area contributed by atoms with Crippen molar-refractivity contribution in [2.45, 2.75) is 25.4 Å². The van der Waals surface area contributed by atoms with E-state index in [4.69, 9.17) is 16.0 Å². The van der Waals surface area contributed by atoms with Gasteiger partial charge in [-0.2, -0.15) is 0 Å². The Morgan fingerprint density at radius 3 is 3.00 bits per heavy atom. The zero-order valence-corrected chi connectivity index (χ0v) is 10.0. The van der Waals surface area contributed by atoms with Crippen LogP contribution in [0.15, 0.2) is 16.5 Å². The molecule has 0 radical (unpaired) electrons. The second-order valence-electron chi connectivity index (χ2n) is 3.76. The maximum atomic E-state index is 5.71. The lowest BCUT2D eigenvalue weighted by Gasteiger charge is -1.95. The first-order chi connectivity index (χ1) is 7.81. The summed E-state index contributed by atoms with van der Waals surface area (Å²) in [4.78, 5) is 0. The van der Waals surface area contributed by atoms with Crippen molar-refractivity contribution in [1.82, 2.24) is 15.5 Å². The summed E-state index contributed by atoms with van der Waals surface area (Å²) in [5, 5.41) is 13.7. The molecule has 2 heterocycles. The van der Waals surface area contributed by atoms with E-state index in [2.05, 4.69) is 15.5 Å². The van der Waals surface area contributed by atoms with E-state index >= 15 is 0 Å². The van der Waals surface area contributed by atoms with Gasteiger partial charge in [-0.15, -0.1) is 10.2 Å². The third kappa shape index (κ3) is 2.26. The molecule has 16 heavy (non-hydrogen) atoms. The van der Waals surface area contributed by atoms with Gasteiger partial charge in [-0.3, -0.25) is 0 Å². The molecule has 0 saturated heterocycles. The molecular formula is C10H10ClN3OS. The minimum Gasteiger partial charge on any atom is -0.442 e. The third-order valence-electron chi connectivity index (χ3n) is 2.37. The fraction of sp³-hybridized carbons (Fsp3) is 0.400. The first kappa shape index (κ1) is 10.3. The predicted molar refractivity (Wildman–Crippen MR) is 62.5 cm³/mol. The molecule has 0 amide bonds. The lowest BCUT2D eigenvalue weighted by Crippen LogP contribution is -2.14. The van der Waals surface area contributed by atoms with Crippen molar-refractivity contribution in [1.29, 1.82) is 0 Å². The van der Waals surface area contributed by atoms with Gasteiger partial charge in [0, 0.05) is 12.6 Å². The summed E-state index contributed by atoms with van der Waals surface area (Å²) >= 11 is 7.24. The zero-order valence-electron chi connectivity index (χ0n) is 8.44. The van der Waals surface area contributed by atoms with E-state index in [1.54, 1.807) is 12.1 Å². The summed E-state index contributed by atoms with van der Waals surface area (Å²) in [7, 11) is 0. The number of rotatable bonds is 4. The average molecular weight is 256 g/mol. The monoisotopic (exact) mass is 255 g/mol. The number of nitrogens with one attached hydrogen (secondary N) is 1. The smallest absolute Gasteiger partial charge is 0.194 e. The van der Waals surface area contributed by atoms with Crippen molar-refractivity contribution in [2.75, 3.05) is 0 Å². The molecule has 2 aromatic heterocycles. The van der Waals surface area contributed by atoms with Crippen LogP contribution in [0.3, 0.4) is 0 Å². The van der Waals surface area contributed by atoms with Crippen LogP contribution >= 0.6 is 22.9 Å². The quantitative estimate of drug-likeness (QED) is 0.913. The van der Waals surface area contributed by atoms with E-state index in [0.717, 1.165) is 16.6 Å². The molecule has 1 N–H and O–H groups in total. The Kier molecular flexibility index (Phi) is 2.67. The van der Waals surface area contributed by atoms with Gasteiger partial charge in [0.15, 0.2) is 16.0 Å². The van der Waals surface area contributed by atoms with Gasteiger partial charge in [0.1, 0.15) is 5.01 Å². The summed E-state index contributed by atoms with van der Waals surface area (Å²) in [6, 6.07) is 4.20.